The predicted molar refractivity (Wildman–Crippen MR) is 89.1 cm³/mol. The Morgan fingerprint density at radius 3 is 2.24 bits per heavy atom. The molecule has 25 heavy (non-hydrogen) atoms. The highest BCUT2D eigenvalue weighted by Gasteiger charge is 2.33. The number of rotatable bonds is 6. The molecule has 132 valence electrons. The quantitative estimate of drug-likeness (QED) is 0.450. The molecule has 0 saturated heterocycles. The fourth-order valence-electron chi connectivity index (χ4n) is 2.47. The van der Waals surface area contributed by atoms with Gasteiger partial charge in [-0.15, -0.1) is 0 Å². The number of pyridine rings is 1. The molecule has 1 aromatic carbocycles. The molecule has 0 unspecified atom stereocenters. The van der Waals surface area contributed by atoms with Gasteiger partial charge in [-0.3, -0.25) is 14.6 Å². The number of esters is 3. The van der Waals surface area contributed by atoms with Crippen molar-refractivity contribution >= 4 is 28.8 Å². The van der Waals surface area contributed by atoms with Gasteiger partial charge >= 0.3 is 17.9 Å². The van der Waals surface area contributed by atoms with Crippen molar-refractivity contribution in [3.63, 3.8) is 0 Å². The van der Waals surface area contributed by atoms with Crippen molar-refractivity contribution in [2.45, 2.75) is 19.8 Å². The SMILES string of the molecule is CCOC(=O)C(C(=O)OCC)c1ccnc2cc(C(=O)OC)ccc12. The molecule has 0 amide bonds. The van der Waals surface area contributed by atoms with Gasteiger partial charge in [-0.2, -0.15) is 0 Å². The van der Waals surface area contributed by atoms with Crippen LogP contribution >= 0.6 is 0 Å². The summed E-state index contributed by atoms with van der Waals surface area (Å²) in [4.78, 5) is 40.5. The Balaban J connectivity index is 2.56. The van der Waals surface area contributed by atoms with Gasteiger partial charge in [0.05, 0.1) is 31.4 Å². The number of carbonyl (C=O) groups is 3. The van der Waals surface area contributed by atoms with Crippen LogP contribution in [-0.2, 0) is 23.8 Å². The second kappa shape index (κ2) is 8.23. The Hall–Kier alpha value is -2.96. The average Bonchev–Trinajstić information content (AvgIpc) is 2.61. The minimum atomic E-state index is -1.21. The van der Waals surface area contributed by atoms with E-state index in [9.17, 15) is 14.4 Å². The van der Waals surface area contributed by atoms with Crippen molar-refractivity contribution < 1.29 is 28.6 Å². The largest absolute Gasteiger partial charge is 0.465 e. The van der Waals surface area contributed by atoms with E-state index in [0.717, 1.165) is 0 Å². The molecule has 0 aliphatic rings. The van der Waals surface area contributed by atoms with Crippen molar-refractivity contribution in [3.05, 3.63) is 41.6 Å². The van der Waals surface area contributed by atoms with Crippen LogP contribution in [0.25, 0.3) is 10.9 Å². The lowest BCUT2D eigenvalue weighted by Gasteiger charge is -2.16. The molecule has 0 radical (unpaired) electrons. The molecule has 7 heteroatoms. The highest BCUT2D eigenvalue weighted by molar-refractivity contribution is 6.05. The van der Waals surface area contributed by atoms with E-state index in [1.165, 1.54) is 19.4 Å². The Morgan fingerprint density at radius 2 is 1.68 bits per heavy atom. The van der Waals surface area contributed by atoms with Crippen LogP contribution in [0, 0.1) is 0 Å². The molecule has 0 N–H and O–H groups in total. The topological polar surface area (TPSA) is 91.8 Å². The predicted octanol–water partition coefficient (Wildman–Crippen LogP) is 2.23. The molecule has 1 heterocycles. The number of nitrogens with zero attached hydrogens (tertiary/aromatic N) is 1. The number of benzene rings is 1. The normalized spacial score (nSPS) is 10.6. The molecule has 0 atom stereocenters. The first kappa shape index (κ1) is 18.4. The van der Waals surface area contributed by atoms with Crippen molar-refractivity contribution in [1.82, 2.24) is 4.98 Å². The van der Waals surface area contributed by atoms with Crippen LogP contribution in [0.4, 0.5) is 0 Å². The molecule has 0 aliphatic carbocycles. The number of fused-ring (bicyclic) bond motifs is 1. The summed E-state index contributed by atoms with van der Waals surface area (Å²) in [6.45, 7) is 3.61. The van der Waals surface area contributed by atoms with Crippen LogP contribution in [0.5, 0.6) is 0 Å². The fourth-order valence-corrected chi connectivity index (χ4v) is 2.47. The summed E-state index contributed by atoms with van der Waals surface area (Å²) in [5.41, 5.74) is 1.20. The lowest BCUT2D eigenvalue weighted by Crippen LogP contribution is -2.26. The summed E-state index contributed by atoms with van der Waals surface area (Å²) in [6, 6.07) is 6.28. The van der Waals surface area contributed by atoms with E-state index in [4.69, 9.17) is 9.47 Å². The second-order valence-electron chi connectivity index (χ2n) is 5.06. The molecular weight excluding hydrogens is 326 g/mol. The smallest absolute Gasteiger partial charge is 0.337 e. The highest BCUT2D eigenvalue weighted by atomic mass is 16.6. The Morgan fingerprint density at radius 1 is 1.04 bits per heavy atom. The van der Waals surface area contributed by atoms with Crippen molar-refractivity contribution in [1.29, 1.82) is 0 Å². The van der Waals surface area contributed by atoms with E-state index in [-0.39, 0.29) is 13.2 Å². The Bertz CT molecular complexity index is 783. The number of hydrogen-bond acceptors (Lipinski definition) is 7. The third-order valence-corrected chi connectivity index (χ3v) is 3.55. The van der Waals surface area contributed by atoms with Gasteiger partial charge in [0.2, 0.25) is 0 Å². The van der Waals surface area contributed by atoms with Gasteiger partial charge in [0.15, 0.2) is 5.92 Å². The standard InChI is InChI=1S/C18H19NO6/c1-4-24-17(21)15(18(22)25-5-2)13-8-9-19-14-10-11(16(20)23-3)6-7-12(13)14/h6-10,15H,4-5H2,1-3H3. The maximum Gasteiger partial charge on any atom is 0.337 e. The highest BCUT2D eigenvalue weighted by Crippen LogP contribution is 2.27. The summed E-state index contributed by atoms with van der Waals surface area (Å²) in [6.07, 6.45) is 1.46. The molecule has 0 saturated carbocycles. The van der Waals surface area contributed by atoms with Gasteiger partial charge in [0.1, 0.15) is 0 Å². The van der Waals surface area contributed by atoms with Gasteiger partial charge in [0, 0.05) is 11.6 Å². The summed E-state index contributed by atoms with van der Waals surface area (Å²) in [5, 5.41) is 0.557. The monoisotopic (exact) mass is 345 g/mol. The molecular formula is C18H19NO6. The van der Waals surface area contributed by atoms with Crippen LogP contribution in [0.15, 0.2) is 30.5 Å². The molecule has 0 bridgehead atoms. The molecule has 7 nitrogen and oxygen atoms in total. The van der Waals surface area contributed by atoms with Gasteiger partial charge in [0.25, 0.3) is 0 Å². The van der Waals surface area contributed by atoms with Gasteiger partial charge in [-0.1, -0.05) is 6.07 Å². The maximum atomic E-state index is 12.3. The first-order valence-electron chi connectivity index (χ1n) is 7.83. The van der Waals surface area contributed by atoms with Gasteiger partial charge in [-0.05, 0) is 37.6 Å². The van der Waals surface area contributed by atoms with Crippen molar-refractivity contribution in [2.24, 2.45) is 0 Å². The first-order valence-corrected chi connectivity index (χ1v) is 7.83. The average molecular weight is 345 g/mol. The third-order valence-electron chi connectivity index (χ3n) is 3.55. The summed E-state index contributed by atoms with van der Waals surface area (Å²) in [7, 11) is 1.29. The van der Waals surface area contributed by atoms with Crippen molar-refractivity contribution in [2.75, 3.05) is 20.3 Å². The van der Waals surface area contributed by atoms with Crippen LogP contribution in [0.1, 0.15) is 35.7 Å². The lowest BCUT2D eigenvalue weighted by atomic mass is 9.95. The van der Waals surface area contributed by atoms with Crippen LogP contribution in [0.2, 0.25) is 0 Å². The van der Waals surface area contributed by atoms with Crippen LogP contribution in [0.3, 0.4) is 0 Å². The molecule has 2 rings (SSSR count). The summed E-state index contributed by atoms with van der Waals surface area (Å²) in [5.74, 6) is -3.09. The summed E-state index contributed by atoms with van der Waals surface area (Å²) >= 11 is 0. The zero-order valence-electron chi connectivity index (χ0n) is 14.3. The molecule has 0 fully saturated rings. The Labute approximate surface area is 144 Å². The number of carbonyl (C=O) groups excluding carboxylic acids is 3. The van der Waals surface area contributed by atoms with E-state index in [1.807, 2.05) is 0 Å². The number of methoxy groups -OCH3 is 1. The van der Waals surface area contributed by atoms with E-state index in [2.05, 4.69) is 9.72 Å². The van der Waals surface area contributed by atoms with Gasteiger partial charge in [-0.25, -0.2) is 4.79 Å². The maximum absolute atomic E-state index is 12.3. The first-order chi connectivity index (χ1) is 12.0. The second-order valence-corrected chi connectivity index (χ2v) is 5.06. The molecule has 2 aromatic rings. The third kappa shape index (κ3) is 3.93. The summed E-state index contributed by atoms with van der Waals surface area (Å²) < 4.78 is 14.7. The minimum Gasteiger partial charge on any atom is -0.465 e. The number of hydrogen-bond donors (Lipinski definition) is 0. The van der Waals surface area contributed by atoms with E-state index in [0.29, 0.717) is 22.0 Å². The van der Waals surface area contributed by atoms with E-state index in [1.54, 1.807) is 32.0 Å². The lowest BCUT2D eigenvalue weighted by molar-refractivity contribution is -0.156. The number of aromatic nitrogens is 1. The molecule has 0 aliphatic heterocycles. The molecule has 1 aromatic heterocycles. The van der Waals surface area contributed by atoms with Crippen molar-refractivity contribution in [3.8, 4) is 0 Å². The van der Waals surface area contributed by atoms with Crippen LogP contribution in [-0.4, -0.2) is 43.2 Å². The fraction of sp³-hybridized carbons (Fsp3) is 0.333. The zero-order valence-corrected chi connectivity index (χ0v) is 14.3. The van der Waals surface area contributed by atoms with Crippen LogP contribution < -0.4 is 0 Å². The van der Waals surface area contributed by atoms with E-state index < -0.39 is 23.8 Å². The molecule has 0 spiro atoms. The van der Waals surface area contributed by atoms with Gasteiger partial charge < -0.3 is 14.2 Å². The number of ether oxygens (including phenoxy) is 3. The van der Waals surface area contributed by atoms with E-state index >= 15 is 0 Å². The Kier molecular flexibility index (Phi) is 6.05. The zero-order chi connectivity index (χ0) is 18.4. The minimum absolute atomic E-state index is 0.143.